The third-order valence-corrected chi connectivity index (χ3v) is 5.50. The van der Waals surface area contributed by atoms with Crippen molar-refractivity contribution in [3.8, 4) is 5.75 Å². The Hall–Kier alpha value is -2.41. The van der Waals surface area contributed by atoms with Crippen molar-refractivity contribution in [2.75, 3.05) is 18.5 Å². The molecule has 0 radical (unpaired) electrons. The molecule has 2 aromatic rings. The van der Waals surface area contributed by atoms with Crippen LogP contribution in [0.3, 0.4) is 0 Å². The van der Waals surface area contributed by atoms with Crippen LogP contribution in [0.4, 0.5) is 5.69 Å². The van der Waals surface area contributed by atoms with E-state index in [-0.39, 0.29) is 24.3 Å². The van der Waals surface area contributed by atoms with Crippen LogP contribution >= 0.6 is 11.3 Å². The van der Waals surface area contributed by atoms with E-state index in [9.17, 15) is 9.59 Å². The van der Waals surface area contributed by atoms with Gasteiger partial charge in [0.2, 0.25) is 0 Å². The number of amides is 2. The normalized spacial score (nSPS) is 16.4. The summed E-state index contributed by atoms with van der Waals surface area (Å²) in [4.78, 5) is 32.0. The van der Waals surface area contributed by atoms with Gasteiger partial charge >= 0.3 is 0 Å². The fourth-order valence-electron chi connectivity index (χ4n) is 2.71. The van der Waals surface area contributed by atoms with E-state index in [4.69, 9.17) is 4.74 Å². The van der Waals surface area contributed by atoms with Crippen LogP contribution in [0.25, 0.3) is 0 Å². The number of rotatable bonds is 3. The third-order valence-electron chi connectivity index (χ3n) is 4.06. The second-order valence-corrected chi connectivity index (χ2v) is 7.26. The van der Waals surface area contributed by atoms with E-state index in [1.165, 1.54) is 11.3 Å². The summed E-state index contributed by atoms with van der Waals surface area (Å²) in [6, 6.07) is 7.27. The number of carbonyl (C=O) groups excluding carboxylic acids is 2. The molecule has 0 saturated carbocycles. The maximum absolute atomic E-state index is 13.2. The van der Waals surface area contributed by atoms with Crippen molar-refractivity contribution < 1.29 is 14.3 Å². The van der Waals surface area contributed by atoms with Gasteiger partial charge in [-0.2, -0.15) is 0 Å². The summed E-state index contributed by atoms with van der Waals surface area (Å²) in [5, 5.41) is 3.52. The lowest BCUT2D eigenvalue weighted by Crippen LogP contribution is -2.50. The molecule has 132 valence electrons. The number of hydrogen-bond acceptors (Lipinski definition) is 5. The van der Waals surface area contributed by atoms with E-state index < -0.39 is 6.10 Å². The molecule has 1 aliphatic heterocycles. The Bertz CT molecular complexity index is 816. The number of nitrogens with one attached hydrogen (secondary N) is 1. The number of fused-ring (bicyclic) bond motifs is 1. The number of aryl methyl sites for hydroxylation is 1. The van der Waals surface area contributed by atoms with E-state index in [0.29, 0.717) is 16.3 Å². The van der Waals surface area contributed by atoms with Gasteiger partial charge in [0.15, 0.2) is 6.10 Å². The van der Waals surface area contributed by atoms with Gasteiger partial charge in [-0.15, -0.1) is 11.3 Å². The predicted molar refractivity (Wildman–Crippen MR) is 97.5 cm³/mol. The van der Waals surface area contributed by atoms with Crippen molar-refractivity contribution >= 4 is 28.8 Å². The lowest BCUT2D eigenvalue weighted by atomic mass is 10.1. The number of para-hydroxylation sites is 2. The minimum Gasteiger partial charge on any atom is -0.477 e. The molecule has 1 aromatic carbocycles. The van der Waals surface area contributed by atoms with E-state index >= 15 is 0 Å². The van der Waals surface area contributed by atoms with E-state index in [1.54, 1.807) is 18.0 Å². The Morgan fingerprint density at radius 2 is 2.08 bits per heavy atom. The van der Waals surface area contributed by atoms with Gasteiger partial charge in [0.25, 0.3) is 11.8 Å². The van der Waals surface area contributed by atoms with Gasteiger partial charge in [-0.1, -0.05) is 26.0 Å². The number of benzene rings is 1. The molecule has 1 atom stereocenters. The Morgan fingerprint density at radius 3 is 2.72 bits per heavy atom. The van der Waals surface area contributed by atoms with Gasteiger partial charge in [0.05, 0.1) is 22.9 Å². The number of nitrogens with zero attached hydrogens (tertiary/aromatic N) is 2. The fraction of sp³-hybridized carbons (Fsp3) is 0.389. The maximum atomic E-state index is 13.2. The highest BCUT2D eigenvalue weighted by atomic mass is 32.1. The summed E-state index contributed by atoms with van der Waals surface area (Å²) in [7, 11) is 1.56. The Morgan fingerprint density at radius 1 is 1.36 bits per heavy atom. The third kappa shape index (κ3) is 3.24. The van der Waals surface area contributed by atoms with Crippen molar-refractivity contribution in [3.63, 3.8) is 0 Å². The highest BCUT2D eigenvalue weighted by Gasteiger charge is 2.35. The SMILES string of the molecule is CNC(=O)C1CN(C(=O)c2sc(C(C)C)nc2C)c2ccccc2O1. The summed E-state index contributed by atoms with van der Waals surface area (Å²) in [6.45, 7) is 6.12. The largest absolute Gasteiger partial charge is 0.477 e. The second-order valence-electron chi connectivity index (χ2n) is 6.23. The predicted octanol–water partition coefficient (Wildman–Crippen LogP) is 2.73. The first-order chi connectivity index (χ1) is 11.9. The molecule has 3 rings (SSSR count). The molecule has 2 heterocycles. The average Bonchev–Trinajstić information content (AvgIpc) is 3.01. The molecule has 7 heteroatoms. The molecule has 2 amide bonds. The van der Waals surface area contributed by atoms with Crippen molar-refractivity contribution in [1.82, 2.24) is 10.3 Å². The quantitative estimate of drug-likeness (QED) is 0.915. The number of ether oxygens (including phenoxy) is 1. The monoisotopic (exact) mass is 359 g/mol. The molecule has 0 saturated heterocycles. The number of anilines is 1. The lowest BCUT2D eigenvalue weighted by Gasteiger charge is -2.33. The molecule has 0 fully saturated rings. The summed E-state index contributed by atoms with van der Waals surface area (Å²) in [6.07, 6.45) is -0.735. The van der Waals surface area contributed by atoms with E-state index in [2.05, 4.69) is 24.1 Å². The van der Waals surface area contributed by atoms with Crippen LogP contribution in [0.1, 0.15) is 40.1 Å². The van der Waals surface area contributed by atoms with Crippen molar-refractivity contribution in [1.29, 1.82) is 0 Å². The zero-order chi connectivity index (χ0) is 18.1. The number of thiazole rings is 1. The first kappa shape index (κ1) is 17.4. The van der Waals surface area contributed by atoms with Crippen LogP contribution in [-0.4, -0.2) is 36.5 Å². The topological polar surface area (TPSA) is 71.5 Å². The highest BCUT2D eigenvalue weighted by Crippen LogP contribution is 2.35. The maximum Gasteiger partial charge on any atom is 0.270 e. The fourth-order valence-corrected chi connectivity index (χ4v) is 3.73. The summed E-state index contributed by atoms with van der Waals surface area (Å²) in [5.74, 6) is 0.394. The van der Waals surface area contributed by atoms with Crippen molar-refractivity contribution in [3.05, 3.63) is 39.8 Å². The molecule has 1 N–H and O–H groups in total. The molecular formula is C18H21N3O3S. The summed E-state index contributed by atoms with van der Waals surface area (Å²) < 4.78 is 5.76. The smallest absolute Gasteiger partial charge is 0.270 e. The second kappa shape index (κ2) is 6.84. The molecule has 0 bridgehead atoms. The van der Waals surface area contributed by atoms with Gasteiger partial charge in [0.1, 0.15) is 10.6 Å². The molecule has 1 unspecified atom stereocenters. The van der Waals surface area contributed by atoms with Gasteiger partial charge in [-0.25, -0.2) is 4.98 Å². The average molecular weight is 359 g/mol. The molecule has 0 spiro atoms. The first-order valence-corrected chi connectivity index (χ1v) is 9.00. The first-order valence-electron chi connectivity index (χ1n) is 8.18. The molecule has 1 aliphatic rings. The van der Waals surface area contributed by atoms with E-state index in [0.717, 1.165) is 10.7 Å². The number of aromatic nitrogens is 1. The molecular weight excluding hydrogens is 338 g/mol. The Balaban J connectivity index is 1.99. The Labute approximate surface area is 150 Å². The van der Waals surface area contributed by atoms with Crippen LogP contribution in [0.5, 0.6) is 5.75 Å². The molecule has 6 nitrogen and oxygen atoms in total. The van der Waals surface area contributed by atoms with Crippen LogP contribution in [0, 0.1) is 6.92 Å². The minimum absolute atomic E-state index is 0.147. The Kier molecular flexibility index (Phi) is 4.76. The highest BCUT2D eigenvalue weighted by molar-refractivity contribution is 7.14. The number of hydrogen-bond donors (Lipinski definition) is 1. The van der Waals surface area contributed by atoms with Crippen molar-refractivity contribution in [2.24, 2.45) is 0 Å². The summed E-state index contributed by atoms with van der Waals surface area (Å²) >= 11 is 1.42. The van der Waals surface area contributed by atoms with Crippen LogP contribution in [0.15, 0.2) is 24.3 Å². The van der Waals surface area contributed by atoms with Crippen molar-refractivity contribution in [2.45, 2.75) is 32.8 Å². The van der Waals surface area contributed by atoms with Gasteiger partial charge in [-0.3, -0.25) is 14.5 Å². The lowest BCUT2D eigenvalue weighted by molar-refractivity contribution is -0.127. The molecule has 25 heavy (non-hydrogen) atoms. The molecule has 1 aromatic heterocycles. The van der Waals surface area contributed by atoms with Crippen LogP contribution in [0.2, 0.25) is 0 Å². The van der Waals surface area contributed by atoms with Gasteiger partial charge in [-0.05, 0) is 19.1 Å². The standard InChI is InChI=1S/C18H21N3O3S/c1-10(2)17-20-11(3)15(25-17)18(23)21-9-14(16(22)19-4)24-13-8-6-5-7-12(13)21/h5-8,10,14H,9H2,1-4H3,(H,19,22). The zero-order valence-electron chi connectivity index (χ0n) is 14.7. The number of carbonyl (C=O) groups is 2. The van der Waals surface area contributed by atoms with Gasteiger partial charge in [0, 0.05) is 13.0 Å². The minimum atomic E-state index is -0.735. The zero-order valence-corrected chi connectivity index (χ0v) is 15.5. The summed E-state index contributed by atoms with van der Waals surface area (Å²) in [5.41, 5.74) is 1.39. The number of likely N-dealkylation sites (N-methyl/N-ethyl adjacent to an activating group) is 1. The van der Waals surface area contributed by atoms with E-state index in [1.807, 2.05) is 25.1 Å². The van der Waals surface area contributed by atoms with Crippen LogP contribution in [-0.2, 0) is 4.79 Å². The van der Waals surface area contributed by atoms with Gasteiger partial charge < -0.3 is 10.1 Å². The molecule has 0 aliphatic carbocycles. The van der Waals surface area contributed by atoms with Crippen LogP contribution < -0.4 is 15.0 Å².